The molecule has 98 valence electrons. The highest BCUT2D eigenvalue weighted by Gasteiger charge is 2.05. The van der Waals surface area contributed by atoms with Gasteiger partial charge in [0.2, 0.25) is 0 Å². The molecule has 3 N–H and O–H groups in total. The van der Waals surface area contributed by atoms with Crippen LogP contribution in [-0.4, -0.2) is 19.6 Å². The lowest BCUT2D eigenvalue weighted by molar-refractivity contribution is 0.404. The van der Waals surface area contributed by atoms with Crippen LogP contribution in [0.5, 0.6) is 0 Å². The first-order valence-electron chi connectivity index (χ1n) is 7.19. The molecule has 0 aromatic carbocycles. The Balaban J connectivity index is 3.37. The van der Waals surface area contributed by atoms with Gasteiger partial charge in [-0.3, -0.25) is 0 Å². The van der Waals surface area contributed by atoms with E-state index in [2.05, 4.69) is 26.1 Å². The minimum Gasteiger partial charge on any atom is -0.330 e. The second-order valence-corrected chi connectivity index (χ2v) is 4.88. The molecule has 0 rings (SSSR count). The van der Waals surface area contributed by atoms with Crippen molar-refractivity contribution in [2.45, 2.75) is 59.3 Å². The Kier molecular flexibility index (Phi) is 11.3. The van der Waals surface area contributed by atoms with E-state index < -0.39 is 0 Å². The Morgan fingerprint density at radius 1 is 0.938 bits per heavy atom. The zero-order chi connectivity index (χ0) is 12.2. The van der Waals surface area contributed by atoms with Gasteiger partial charge in [0.15, 0.2) is 0 Å². The smallest absolute Gasteiger partial charge is 0.00207 e. The Bertz CT molecular complexity index is 133. The van der Waals surface area contributed by atoms with Crippen LogP contribution in [0.3, 0.4) is 0 Å². The van der Waals surface area contributed by atoms with Crippen LogP contribution in [0, 0.1) is 11.8 Å². The molecular formula is C14H32N2. The van der Waals surface area contributed by atoms with E-state index >= 15 is 0 Å². The van der Waals surface area contributed by atoms with Crippen LogP contribution in [0.4, 0.5) is 0 Å². The Morgan fingerprint density at radius 2 is 1.56 bits per heavy atom. The maximum atomic E-state index is 5.60. The Labute approximate surface area is 102 Å². The number of rotatable bonds is 11. The second kappa shape index (κ2) is 11.4. The van der Waals surface area contributed by atoms with Crippen molar-refractivity contribution in [2.75, 3.05) is 19.6 Å². The van der Waals surface area contributed by atoms with E-state index in [0.29, 0.717) is 0 Å². The molecule has 2 nitrogen and oxygen atoms in total. The van der Waals surface area contributed by atoms with Gasteiger partial charge in [0.05, 0.1) is 0 Å². The topological polar surface area (TPSA) is 38.0 Å². The third-order valence-corrected chi connectivity index (χ3v) is 3.71. The average Bonchev–Trinajstić information content (AvgIpc) is 2.32. The molecule has 0 bridgehead atoms. The summed E-state index contributed by atoms with van der Waals surface area (Å²) in [6, 6.07) is 0. The Morgan fingerprint density at radius 3 is 2.06 bits per heavy atom. The van der Waals surface area contributed by atoms with Gasteiger partial charge in [0, 0.05) is 0 Å². The summed E-state index contributed by atoms with van der Waals surface area (Å²) in [5.41, 5.74) is 5.60. The third kappa shape index (κ3) is 8.12. The highest BCUT2D eigenvalue weighted by molar-refractivity contribution is 4.62. The van der Waals surface area contributed by atoms with Crippen molar-refractivity contribution in [2.24, 2.45) is 17.6 Å². The van der Waals surface area contributed by atoms with Crippen molar-refractivity contribution in [3.8, 4) is 0 Å². The van der Waals surface area contributed by atoms with Crippen LogP contribution in [0.15, 0.2) is 0 Å². The van der Waals surface area contributed by atoms with Gasteiger partial charge in [-0.1, -0.05) is 40.0 Å². The van der Waals surface area contributed by atoms with Crippen molar-refractivity contribution < 1.29 is 0 Å². The fraction of sp³-hybridized carbons (Fsp3) is 1.00. The van der Waals surface area contributed by atoms with Gasteiger partial charge in [0.1, 0.15) is 0 Å². The van der Waals surface area contributed by atoms with Crippen LogP contribution < -0.4 is 11.1 Å². The first-order valence-corrected chi connectivity index (χ1v) is 7.19. The van der Waals surface area contributed by atoms with E-state index in [1.165, 1.54) is 51.6 Å². The van der Waals surface area contributed by atoms with Crippen molar-refractivity contribution in [3.63, 3.8) is 0 Å². The highest BCUT2D eigenvalue weighted by Crippen LogP contribution is 2.13. The summed E-state index contributed by atoms with van der Waals surface area (Å²) in [6.45, 7) is 10.1. The van der Waals surface area contributed by atoms with Gasteiger partial charge in [-0.15, -0.1) is 0 Å². The molecule has 1 unspecified atom stereocenters. The lowest BCUT2D eigenvalue weighted by Crippen LogP contribution is -2.23. The normalized spacial score (nSPS) is 13.3. The zero-order valence-corrected chi connectivity index (χ0v) is 11.6. The van der Waals surface area contributed by atoms with Crippen LogP contribution in [-0.2, 0) is 0 Å². The van der Waals surface area contributed by atoms with E-state index in [1.807, 2.05) is 0 Å². The highest BCUT2D eigenvalue weighted by atomic mass is 14.8. The molecule has 0 saturated heterocycles. The van der Waals surface area contributed by atoms with Gasteiger partial charge in [-0.25, -0.2) is 0 Å². The van der Waals surface area contributed by atoms with Crippen molar-refractivity contribution >= 4 is 0 Å². The molecule has 0 saturated carbocycles. The summed E-state index contributed by atoms with van der Waals surface area (Å²) in [7, 11) is 0. The molecule has 0 spiro atoms. The molecule has 0 aromatic rings. The van der Waals surface area contributed by atoms with Gasteiger partial charge < -0.3 is 11.1 Å². The van der Waals surface area contributed by atoms with E-state index in [4.69, 9.17) is 5.73 Å². The first kappa shape index (κ1) is 15.9. The molecule has 0 aliphatic carbocycles. The van der Waals surface area contributed by atoms with E-state index in [0.717, 1.165) is 18.4 Å². The standard InChI is InChI=1S/C14H32N2/c1-4-13(5-2)12-16-11-7-8-14(6-3)9-10-15/h13-14,16H,4-12,15H2,1-3H3. The van der Waals surface area contributed by atoms with E-state index in [1.54, 1.807) is 0 Å². The van der Waals surface area contributed by atoms with Crippen LogP contribution in [0.2, 0.25) is 0 Å². The number of hydrogen-bond acceptors (Lipinski definition) is 2. The summed E-state index contributed by atoms with van der Waals surface area (Å²) in [5.74, 6) is 1.71. The van der Waals surface area contributed by atoms with Gasteiger partial charge in [-0.2, -0.15) is 0 Å². The van der Waals surface area contributed by atoms with Crippen molar-refractivity contribution in [1.29, 1.82) is 0 Å². The number of hydrogen-bond donors (Lipinski definition) is 2. The van der Waals surface area contributed by atoms with E-state index in [-0.39, 0.29) is 0 Å². The SMILES string of the molecule is CCC(CCN)CCCNCC(CC)CC. The number of nitrogens with one attached hydrogen (secondary N) is 1. The summed E-state index contributed by atoms with van der Waals surface area (Å²) in [4.78, 5) is 0. The average molecular weight is 228 g/mol. The fourth-order valence-corrected chi connectivity index (χ4v) is 2.19. The Hall–Kier alpha value is -0.0800. The predicted molar refractivity (Wildman–Crippen MR) is 73.6 cm³/mol. The maximum absolute atomic E-state index is 5.60. The predicted octanol–water partition coefficient (Wildman–Crippen LogP) is 3.17. The first-order chi connectivity index (χ1) is 7.78. The molecule has 0 fully saturated rings. The summed E-state index contributed by atoms with van der Waals surface area (Å²) < 4.78 is 0. The minimum atomic E-state index is 0.847. The minimum absolute atomic E-state index is 0.847. The molecule has 0 radical (unpaired) electrons. The molecule has 0 aliphatic heterocycles. The molecule has 0 amide bonds. The van der Waals surface area contributed by atoms with Crippen molar-refractivity contribution in [1.82, 2.24) is 5.32 Å². The third-order valence-electron chi connectivity index (χ3n) is 3.71. The quantitative estimate of drug-likeness (QED) is 0.533. The monoisotopic (exact) mass is 228 g/mol. The van der Waals surface area contributed by atoms with Crippen LogP contribution in [0.1, 0.15) is 59.3 Å². The van der Waals surface area contributed by atoms with E-state index in [9.17, 15) is 0 Å². The molecule has 2 heteroatoms. The number of nitrogens with two attached hydrogens (primary N) is 1. The molecule has 16 heavy (non-hydrogen) atoms. The summed E-state index contributed by atoms with van der Waals surface area (Å²) >= 11 is 0. The van der Waals surface area contributed by atoms with Crippen molar-refractivity contribution in [3.05, 3.63) is 0 Å². The van der Waals surface area contributed by atoms with Crippen LogP contribution >= 0.6 is 0 Å². The molecular weight excluding hydrogens is 196 g/mol. The molecule has 0 aromatic heterocycles. The largest absolute Gasteiger partial charge is 0.330 e. The maximum Gasteiger partial charge on any atom is -0.00207 e. The summed E-state index contributed by atoms with van der Waals surface area (Å²) in [5, 5.41) is 3.58. The second-order valence-electron chi connectivity index (χ2n) is 4.88. The van der Waals surface area contributed by atoms with Gasteiger partial charge >= 0.3 is 0 Å². The zero-order valence-electron chi connectivity index (χ0n) is 11.6. The summed E-state index contributed by atoms with van der Waals surface area (Å²) in [6.07, 6.45) is 7.72. The van der Waals surface area contributed by atoms with Gasteiger partial charge in [0.25, 0.3) is 0 Å². The molecule has 0 aliphatic rings. The molecule has 0 heterocycles. The lowest BCUT2D eigenvalue weighted by Gasteiger charge is -2.15. The van der Waals surface area contributed by atoms with Gasteiger partial charge in [-0.05, 0) is 50.7 Å². The van der Waals surface area contributed by atoms with Crippen LogP contribution in [0.25, 0.3) is 0 Å². The fourth-order valence-electron chi connectivity index (χ4n) is 2.19. The lowest BCUT2D eigenvalue weighted by atomic mass is 9.96. The molecule has 1 atom stereocenters.